The second-order valence-electron chi connectivity index (χ2n) is 4.50. The van der Waals surface area contributed by atoms with Gasteiger partial charge in [-0.05, 0) is 38.7 Å². The second kappa shape index (κ2) is 4.83. The fourth-order valence-corrected chi connectivity index (χ4v) is 2.17. The van der Waals surface area contributed by atoms with Crippen molar-refractivity contribution in [1.82, 2.24) is 0 Å². The van der Waals surface area contributed by atoms with Gasteiger partial charge in [-0.1, -0.05) is 6.07 Å². The maximum absolute atomic E-state index is 13.2. The Kier molecular flexibility index (Phi) is 3.44. The maximum Gasteiger partial charge on any atom is 0.127 e. The molecule has 0 radical (unpaired) electrons. The van der Waals surface area contributed by atoms with Crippen molar-refractivity contribution < 1.29 is 9.13 Å². The van der Waals surface area contributed by atoms with E-state index in [-0.39, 0.29) is 18.0 Å². The summed E-state index contributed by atoms with van der Waals surface area (Å²) in [5.41, 5.74) is 6.72. The quantitative estimate of drug-likeness (QED) is 0.854. The van der Waals surface area contributed by atoms with Gasteiger partial charge >= 0.3 is 0 Å². The number of nitrogens with two attached hydrogens (primary N) is 1. The first-order chi connectivity index (χ1) is 7.66. The summed E-state index contributed by atoms with van der Waals surface area (Å²) >= 11 is 0. The van der Waals surface area contributed by atoms with Gasteiger partial charge in [-0.3, -0.25) is 0 Å². The van der Waals surface area contributed by atoms with E-state index in [4.69, 9.17) is 10.5 Å². The Labute approximate surface area is 95.6 Å². The Bertz CT molecular complexity index is 359. The lowest BCUT2D eigenvalue weighted by Gasteiger charge is -2.18. The summed E-state index contributed by atoms with van der Waals surface area (Å²) in [4.78, 5) is 0. The van der Waals surface area contributed by atoms with Crippen molar-refractivity contribution in [1.29, 1.82) is 0 Å². The molecule has 1 aromatic rings. The van der Waals surface area contributed by atoms with Crippen LogP contribution in [0.1, 0.15) is 44.2 Å². The summed E-state index contributed by atoms with van der Waals surface area (Å²) in [6.07, 6.45) is 4.77. The van der Waals surface area contributed by atoms with E-state index < -0.39 is 0 Å². The Balaban J connectivity index is 2.19. The van der Waals surface area contributed by atoms with Gasteiger partial charge in [0.25, 0.3) is 0 Å². The van der Waals surface area contributed by atoms with Crippen LogP contribution in [0.5, 0.6) is 5.75 Å². The van der Waals surface area contributed by atoms with Crippen LogP contribution in [0.25, 0.3) is 0 Å². The molecule has 88 valence electrons. The van der Waals surface area contributed by atoms with Crippen molar-refractivity contribution in [2.24, 2.45) is 5.73 Å². The molecule has 1 aliphatic rings. The number of ether oxygens (including phenoxy) is 1. The molecule has 0 aromatic heterocycles. The molecule has 1 saturated carbocycles. The first-order valence-corrected chi connectivity index (χ1v) is 5.88. The molecule has 0 aliphatic heterocycles. The third-order valence-electron chi connectivity index (χ3n) is 3.06. The minimum Gasteiger partial charge on any atom is -0.490 e. The fourth-order valence-electron chi connectivity index (χ4n) is 2.17. The summed E-state index contributed by atoms with van der Waals surface area (Å²) < 4.78 is 19.0. The number of hydrogen-bond acceptors (Lipinski definition) is 2. The standard InChI is InChI=1S/C13H18FNO/c1-9(15)12-7-6-10(14)8-13(12)16-11-4-2-3-5-11/h6-9,11H,2-5,15H2,1H3. The van der Waals surface area contributed by atoms with Crippen molar-refractivity contribution in [3.05, 3.63) is 29.6 Å². The Morgan fingerprint density at radius 1 is 1.38 bits per heavy atom. The smallest absolute Gasteiger partial charge is 0.127 e. The van der Waals surface area contributed by atoms with Gasteiger partial charge in [0.15, 0.2) is 0 Å². The fraction of sp³-hybridized carbons (Fsp3) is 0.538. The van der Waals surface area contributed by atoms with E-state index in [0.717, 1.165) is 18.4 Å². The van der Waals surface area contributed by atoms with E-state index >= 15 is 0 Å². The molecule has 0 saturated heterocycles. The Hall–Kier alpha value is -1.09. The van der Waals surface area contributed by atoms with Gasteiger partial charge < -0.3 is 10.5 Å². The van der Waals surface area contributed by atoms with Crippen molar-refractivity contribution in [3.63, 3.8) is 0 Å². The highest BCUT2D eigenvalue weighted by molar-refractivity contribution is 5.36. The predicted molar refractivity (Wildman–Crippen MR) is 61.9 cm³/mol. The lowest BCUT2D eigenvalue weighted by atomic mass is 10.1. The van der Waals surface area contributed by atoms with E-state index in [1.165, 1.54) is 25.0 Å². The summed E-state index contributed by atoms with van der Waals surface area (Å²) in [7, 11) is 0. The highest BCUT2D eigenvalue weighted by Gasteiger charge is 2.19. The largest absolute Gasteiger partial charge is 0.490 e. The van der Waals surface area contributed by atoms with Crippen LogP contribution in [0, 0.1) is 5.82 Å². The van der Waals surface area contributed by atoms with Gasteiger partial charge in [0.2, 0.25) is 0 Å². The van der Waals surface area contributed by atoms with E-state index in [1.807, 2.05) is 6.92 Å². The molecule has 1 atom stereocenters. The molecule has 0 amide bonds. The topological polar surface area (TPSA) is 35.2 Å². The monoisotopic (exact) mass is 223 g/mol. The van der Waals surface area contributed by atoms with Crippen LogP contribution >= 0.6 is 0 Å². The van der Waals surface area contributed by atoms with E-state index in [2.05, 4.69) is 0 Å². The lowest BCUT2D eigenvalue weighted by molar-refractivity contribution is 0.206. The summed E-state index contributed by atoms with van der Waals surface area (Å²) in [5, 5.41) is 0. The molecular formula is C13H18FNO. The van der Waals surface area contributed by atoms with E-state index in [0.29, 0.717) is 5.75 Å². The first-order valence-electron chi connectivity index (χ1n) is 5.88. The van der Waals surface area contributed by atoms with Crippen LogP contribution in [-0.2, 0) is 0 Å². The molecule has 1 unspecified atom stereocenters. The van der Waals surface area contributed by atoms with Gasteiger partial charge in [-0.2, -0.15) is 0 Å². The van der Waals surface area contributed by atoms with Crippen molar-refractivity contribution in [2.75, 3.05) is 0 Å². The average Bonchev–Trinajstić information content (AvgIpc) is 2.70. The molecule has 2 nitrogen and oxygen atoms in total. The molecule has 1 aromatic carbocycles. The Morgan fingerprint density at radius 2 is 2.06 bits per heavy atom. The first kappa shape index (κ1) is 11.4. The second-order valence-corrected chi connectivity index (χ2v) is 4.50. The molecule has 1 fully saturated rings. The van der Waals surface area contributed by atoms with E-state index in [1.54, 1.807) is 6.07 Å². The average molecular weight is 223 g/mol. The molecule has 0 bridgehead atoms. The van der Waals surface area contributed by atoms with Crippen LogP contribution in [-0.4, -0.2) is 6.10 Å². The molecule has 2 N–H and O–H groups in total. The molecule has 0 spiro atoms. The third-order valence-corrected chi connectivity index (χ3v) is 3.06. The van der Waals surface area contributed by atoms with Gasteiger partial charge in [-0.25, -0.2) is 4.39 Å². The van der Waals surface area contributed by atoms with Gasteiger partial charge in [0.1, 0.15) is 11.6 Å². The zero-order chi connectivity index (χ0) is 11.5. The molecule has 2 rings (SSSR count). The third kappa shape index (κ3) is 2.53. The molecule has 1 aliphatic carbocycles. The highest BCUT2D eigenvalue weighted by Crippen LogP contribution is 2.29. The number of hydrogen-bond donors (Lipinski definition) is 1. The van der Waals surface area contributed by atoms with Crippen LogP contribution in [0.2, 0.25) is 0 Å². The zero-order valence-corrected chi connectivity index (χ0v) is 9.58. The summed E-state index contributed by atoms with van der Waals surface area (Å²) in [5.74, 6) is 0.347. The van der Waals surface area contributed by atoms with Crippen molar-refractivity contribution >= 4 is 0 Å². The molecule has 3 heteroatoms. The van der Waals surface area contributed by atoms with Crippen LogP contribution < -0.4 is 10.5 Å². The normalized spacial score (nSPS) is 18.7. The number of rotatable bonds is 3. The van der Waals surface area contributed by atoms with Gasteiger partial charge in [0.05, 0.1) is 6.10 Å². The maximum atomic E-state index is 13.2. The number of benzene rings is 1. The molecule has 0 heterocycles. The lowest BCUT2D eigenvalue weighted by Crippen LogP contribution is -2.15. The van der Waals surface area contributed by atoms with Crippen molar-refractivity contribution in [3.8, 4) is 5.75 Å². The summed E-state index contributed by atoms with van der Waals surface area (Å²) in [6.45, 7) is 1.88. The van der Waals surface area contributed by atoms with Crippen LogP contribution in [0.3, 0.4) is 0 Å². The molecule has 16 heavy (non-hydrogen) atoms. The minimum absolute atomic E-state index is 0.128. The van der Waals surface area contributed by atoms with Crippen molar-refractivity contribution in [2.45, 2.75) is 44.8 Å². The number of halogens is 1. The summed E-state index contributed by atoms with van der Waals surface area (Å²) in [6, 6.07) is 4.46. The predicted octanol–water partition coefficient (Wildman–Crippen LogP) is 3.17. The van der Waals surface area contributed by atoms with Gasteiger partial charge in [0, 0.05) is 17.7 Å². The SMILES string of the molecule is CC(N)c1ccc(F)cc1OC1CCCC1. The Morgan fingerprint density at radius 3 is 2.69 bits per heavy atom. The van der Waals surface area contributed by atoms with Gasteiger partial charge in [-0.15, -0.1) is 0 Å². The van der Waals surface area contributed by atoms with E-state index in [9.17, 15) is 4.39 Å². The zero-order valence-electron chi connectivity index (χ0n) is 9.58. The van der Waals surface area contributed by atoms with Crippen LogP contribution in [0.4, 0.5) is 4.39 Å². The minimum atomic E-state index is -0.266. The highest BCUT2D eigenvalue weighted by atomic mass is 19.1. The van der Waals surface area contributed by atoms with Crippen LogP contribution in [0.15, 0.2) is 18.2 Å². The molecular weight excluding hydrogens is 205 g/mol.